The fourth-order valence-electron chi connectivity index (χ4n) is 1.90. The van der Waals surface area contributed by atoms with Crippen LogP contribution in [0, 0.1) is 0 Å². The van der Waals surface area contributed by atoms with Gasteiger partial charge >= 0.3 is 0 Å². The maximum absolute atomic E-state index is 9.70. The molecule has 0 atom stereocenters. The molecule has 2 N–H and O–H groups in total. The second kappa shape index (κ2) is 4.87. The van der Waals surface area contributed by atoms with Gasteiger partial charge < -0.3 is 10.4 Å². The second-order valence-corrected chi connectivity index (χ2v) is 3.93. The van der Waals surface area contributed by atoms with E-state index in [9.17, 15) is 5.11 Å². The number of phenolic OH excluding ortho intramolecular Hbond substituents is 1. The van der Waals surface area contributed by atoms with Gasteiger partial charge in [0.25, 0.3) is 0 Å². The van der Waals surface area contributed by atoms with Gasteiger partial charge in [-0.1, -0.05) is 30.3 Å². The number of nitrogens with one attached hydrogen (secondary N) is 1. The first-order valence-electron chi connectivity index (χ1n) is 5.58. The van der Waals surface area contributed by atoms with Crippen LogP contribution in [-0.4, -0.2) is 25.0 Å². The van der Waals surface area contributed by atoms with E-state index in [1.165, 1.54) is 5.56 Å². The van der Waals surface area contributed by atoms with Crippen molar-refractivity contribution in [3.63, 3.8) is 0 Å². The first-order valence-corrected chi connectivity index (χ1v) is 5.58. The second-order valence-electron chi connectivity index (χ2n) is 3.93. The van der Waals surface area contributed by atoms with Crippen LogP contribution < -0.4 is 5.32 Å². The summed E-state index contributed by atoms with van der Waals surface area (Å²) in [6.45, 7) is 0. The number of nitrogens with zero attached hydrogens (tertiary/aromatic N) is 1. The fraction of sp³-hybridized carbons (Fsp3) is 0.214. The molecule has 0 aliphatic rings. The van der Waals surface area contributed by atoms with Crippen LogP contribution in [0.4, 0.5) is 0 Å². The lowest BCUT2D eigenvalue weighted by atomic mass is 10.0. The lowest BCUT2D eigenvalue weighted by Gasteiger charge is -2.07. The smallest absolute Gasteiger partial charge is 0.123 e. The van der Waals surface area contributed by atoms with Gasteiger partial charge in [0.05, 0.1) is 0 Å². The summed E-state index contributed by atoms with van der Waals surface area (Å²) in [6, 6.07) is 11.6. The maximum Gasteiger partial charge on any atom is 0.123 e. The van der Waals surface area contributed by atoms with E-state index in [2.05, 4.69) is 16.4 Å². The molecule has 0 bridgehead atoms. The van der Waals surface area contributed by atoms with Crippen LogP contribution >= 0.6 is 0 Å². The Morgan fingerprint density at radius 3 is 2.82 bits per heavy atom. The molecule has 0 amide bonds. The number of fused-ring (bicyclic) bond motifs is 1. The average Bonchev–Trinajstić information content (AvgIpc) is 2.36. The van der Waals surface area contributed by atoms with Crippen LogP contribution in [0.1, 0.15) is 5.56 Å². The van der Waals surface area contributed by atoms with Crippen LogP contribution in [0.3, 0.4) is 0 Å². The van der Waals surface area contributed by atoms with Crippen LogP contribution in [0.15, 0.2) is 41.4 Å². The van der Waals surface area contributed by atoms with Crippen LogP contribution in [0.25, 0.3) is 10.8 Å². The normalized spacial score (nSPS) is 11.8. The summed E-state index contributed by atoms with van der Waals surface area (Å²) in [7, 11) is 3.65. The van der Waals surface area contributed by atoms with E-state index < -0.39 is 0 Å². The summed E-state index contributed by atoms with van der Waals surface area (Å²) < 4.78 is 0. The van der Waals surface area contributed by atoms with E-state index in [4.69, 9.17) is 0 Å². The van der Waals surface area contributed by atoms with Crippen molar-refractivity contribution in [3.05, 3.63) is 42.0 Å². The summed E-state index contributed by atoms with van der Waals surface area (Å²) in [5.74, 6) is 1.27. The van der Waals surface area contributed by atoms with Gasteiger partial charge in [0, 0.05) is 25.9 Å². The Hall–Kier alpha value is -2.03. The Morgan fingerprint density at radius 1 is 1.29 bits per heavy atom. The highest BCUT2D eigenvalue weighted by Crippen LogP contribution is 2.25. The standard InChI is InChI=1S/C14H16N2O/c1-15-14(16-2)9-10-6-7-12-11(8-10)4-3-5-13(12)17/h3-8,17H,9H2,1-2H3,(H,15,16). The van der Waals surface area contributed by atoms with Gasteiger partial charge in [-0.25, -0.2) is 0 Å². The van der Waals surface area contributed by atoms with Gasteiger partial charge in [-0.05, 0) is 17.0 Å². The minimum absolute atomic E-state index is 0.326. The number of aromatic hydroxyl groups is 1. The summed E-state index contributed by atoms with van der Waals surface area (Å²) in [5.41, 5.74) is 1.18. The van der Waals surface area contributed by atoms with Crippen molar-refractivity contribution in [2.45, 2.75) is 6.42 Å². The highest BCUT2D eigenvalue weighted by atomic mass is 16.3. The molecular formula is C14H16N2O. The number of likely N-dealkylation sites (N-methyl/N-ethyl adjacent to an activating group) is 1. The zero-order chi connectivity index (χ0) is 12.3. The van der Waals surface area contributed by atoms with Gasteiger partial charge in [0.2, 0.25) is 0 Å². The van der Waals surface area contributed by atoms with Crippen molar-refractivity contribution in [2.75, 3.05) is 14.1 Å². The van der Waals surface area contributed by atoms with E-state index in [0.717, 1.165) is 23.0 Å². The maximum atomic E-state index is 9.70. The third kappa shape index (κ3) is 2.38. The zero-order valence-corrected chi connectivity index (χ0v) is 10.1. The van der Waals surface area contributed by atoms with Crippen LogP contribution in [0.5, 0.6) is 5.75 Å². The topological polar surface area (TPSA) is 44.6 Å². The third-order valence-electron chi connectivity index (χ3n) is 2.85. The van der Waals surface area contributed by atoms with Crippen molar-refractivity contribution in [1.29, 1.82) is 0 Å². The number of hydrogen-bond donors (Lipinski definition) is 2. The lowest BCUT2D eigenvalue weighted by molar-refractivity contribution is 0.481. The predicted molar refractivity (Wildman–Crippen MR) is 71.7 cm³/mol. The molecule has 0 spiro atoms. The summed E-state index contributed by atoms with van der Waals surface area (Å²) in [4.78, 5) is 4.16. The molecule has 0 unspecified atom stereocenters. The van der Waals surface area contributed by atoms with E-state index in [0.29, 0.717) is 5.75 Å². The molecule has 3 nitrogen and oxygen atoms in total. The lowest BCUT2D eigenvalue weighted by Crippen LogP contribution is -2.20. The molecule has 0 aliphatic carbocycles. The number of hydrogen-bond acceptors (Lipinski definition) is 2. The molecular weight excluding hydrogens is 212 g/mol. The third-order valence-corrected chi connectivity index (χ3v) is 2.85. The highest BCUT2D eigenvalue weighted by Gasteiger charge is 2.02. The van der Waals surface area contributed by atoms with Gasteiger partial charge in [-0.15, -0.1) is 0 Å². The number of phenols is 1. The summed E-state index contributed by atoms with van der Waals surface area (Å²) in [6.07, 6.45) is 0.776. The van der Waals surface area contributed by atoms with E-state index in [1.54, 1.807) is 13.1 Å². The average molecular weight is 228 g/mol. The van der Waals surface area contributed by atoms with Gasteiger partial charge in [-0.2, -0.15) is 0 Å². The number of aliphatic imine (C=N–C) groups is 1. The number of rotatable bonds is 2. The fourth-order valence-corrected chi connectivity index (χ4v) is 1.90. The van der Waals surface area contributed by atoms with Crippen molar-refractivity contribution in [1.82, 2.24) is 5.32 Å². The monoisotopic (exact) mass is 228 g/mol. The van der Waals surface area contributed by atoms with Crippen LogP contribution in [-0.2, 0) is 6.42 Å². The van der Waals surface area contributed by atoms with Gasteiger partial charge in [0.1, 0.15) is 11.6 Å². The number of amidine groups is 1. The minimum Gasteiger partial charge on any atom is -0.507 e. The molecule has 3 heteroatoms. The molecule has 0 aliphatic heterocycles. The minimum atomic E-state index is 0.326. The summed E-state index contributed by atoms with van der Waals surface area (Å²) >= 11 is 0. The van der Waals surface area contributed by atoms with E-state index in [1.807, 2.05) is 31.3 Å². The first kappa shape index (κ1) is 11.5. The largest absolute Gasteiger partial charge is 0.507 e. The predicted octanol–water partition coefficient (Wildman–Crippen LogP) is 2.34. The SMILES string of the molecule is CN=C(Cc1ccc2c(O)cccc2c1)NC. The van der Waals surface area contributed by atoms with E-state index in [-0.39, 0.29) is 0 Å². The Bertz CT molecular complexity index is 561. The van der Waals surface area contributed by atoms with Crippen molar-refractivity contribution < 1.29 is 5.11 Å². The Balaban J connectivity index is 2.38. The molecule has 0 fully saturated rings. The molecule has 2 aromatic carbocycles. The zero-order valence-electron chi connectivity index (χ0n) is 10.1. The van der Waals surface area contributed by atoms with E-state index >= 15 is 0 Å². The Labute approximate surface area is 101 Å². The Morgan fingerprint density at radius 2 is 2.12 bits per heavy atom. The Kier molecular flexibility index (Phi) is 3.28. The quantitative estimate of drug-likeness (QED) is 0.612. The molecule has 17 heavy (non-hydrogen) atoms. The van der Waals surface area contributed by atoms with Crippen molar-refractivity contribution in [3.8, 4) is 5.75 Å². The van der Waals surface area contributed by atoms with Crippen LogP contribution in [0.2, 0.25) is 0 Å². The van der Waals surface area contributed by atoms with Gasteiger partial charge in [-0.3, -0.25) is 4.99 Å². The molecule has 0 saturated heterocycles. The molecule has 0 saturated carbocycles. The molecule has 88 valence electrons. The molecule has 0 radical (unpaired) electrons. The first-order chi connectivity index (χ1) is 8.24. The van der Waals surface area contributed by atoms with Gasteiger partial charge in [0.15, 0.2) is 0 Å². The molecule has 0 aromatic heterocycles. The molecule has 0 heterocycles. The highest BCUT2D eigenvalue weighted by molar-refractivity contribution is 5.90. The molecule has 2 rings (SSSR count). The summed E-state index contributed by atoms with van der Waals surface area (Å²) in [5, 5.41) is 14.7. The molecule has 2 aromatic rings. The number of benzene rings is 2. The van der Waals surface area contributed by atoms with Crippen molar-refractivity contribution in [2.24, 2.45) is 4.99 Å². The van der Waals surface area contributed by atoms with Crippen molar-refractivity contribution >= 4 is 16.6 Å².